The Morgan fingerprint density at radius 2 is 1.61 bits per heavy atom. The number of nitrogens with zero attached hydrogens (tertiary/aromatic N) is 2. The maximum absolute atomic E-state index is 13.3. The lowest BCUT2D eigenvalue weighted by Gasteiger charge is -2.27. The predicted molar refractivity (Wildman–Crippen MR) is 122 cm³/mol. The first-order valence-corrected chi connectivity index (χ1v) is 11.2. The van der Waals surface area contributed by atoms with Crippen LogP contribution in [0.15, 0.2) is 66.7 Å². The van der Waals surface area contributed by atoms with Crippen LogP contribution in [0.25, 0.3) is 0 Å². The Bertz CT molecular complexity index is 1000. The second-order valence-electron chi connectivity index (χ2n) is 7.48. The molecule has 0 fully saturated rings. The third-order valence-electron chi connectivity index (χ3n) is 4.91. The lowest BCUT2D eigenvalue weighted by atomic mass is 10.1. The predicted octanol–water partition coefficient (Wildman–Crippen LogP) is 5.28. The molecule has 4 nitrogen and oxygen atoms in total. The minimum atomic E-state index is -0.394. The molecule has 0 unspecified atom stereocenters. The average molecular weight is 439 g/mol. The lowest BCUT2D eigenvalue weighted by Crippen LogP contribution is -2.42. The van der Waals surface area contributed by atoms with Gasteiger partial charge in [-0.15, -0.1) is 11.3 Å². The summed E-state index contributed by atoms with van der Waals surface area (Å²) in [6.07, 6.45) is 0.725. The molecule has 2 amide bonds. The van der Waals surface area contributed by atoms with Crippen molar-refractivity contribution in [2.75, 3.05) is 13.1 Å². The zero-order valence-corrected chi connectivity index (χ0v) is 18.7. The van der Waals surface area contributed by atoms with Gasteiger partial charge in [0.2, 0.25) is 5.91 Å². The van der Waals surface area contributed by atoms with Gasteiger partial charge in [-0.05, 0) is 55.3 Å². The summed E-state index contributed by atoms with van der Waals surface area (Å²) in [5, 5.41) is 0. The molecule has 0 atom stereocenters. The van der Waals surface area contributed by atoms with E-state index < -0.39 is 5.82 Å². The van der Waals surface area contributed by atoms with Gasteiger partial charge in [0.05, 0.1) is 6.54 Å². The number of amides is 2. The van der Waals surface area contributed by atoms with Gasteiger partial charge >= 0.3 is 0 Å². The van der Waals surface area contributed by atoms with Gasteiger partial charge in [-0.25, -0.2) is 4.39 Å². The van der Waals surface area contributed by atoms with Crippen molar-refractivity contribution in [3.63, 3.8) is 0 Å². The number of benzene rings is 2. The Kier molecular flexibility index (Phi) is 7.95. The summed E-state index contributed by atoms with van der Waals surface area (Å²) >= 11 is 1.67. The standard InChI is InChI=1S/C25H27FN2O2S/c1-3-15-27(25(30)21-10-12-22(26)13-11-21)18-24(29)28(16-20-7-5-4-6-8-20)17-23-14-9-19(2)31-23/h4-14H,3,15-18H2,1-2H3. The first kappa shape index (κ1) is 22.7. The summed E-state index contributed by atoms with van der Waals surface area (Å²) in [6, 6.07) is 19.4. The van der Waals surface area contributed by atoms with E-state index in [4.69, 9.17) is 0 Å². The Balaban J connectivity index is 1.78. The minimum absolute atomic E-state index is 0.0127. The van der Waals surface area contributed by atoms with Crippen LogP contribution in [0.2, 0.25) is 0 Å². The van der Waals surface area contributed by atoms with E-state index in [1.54, 1.807) is 21.1 Å². The fourth-order valence-electron chi connectivity index (χ4n) is 3.35. The van der Waals surface area contributed by atoms with E-state index in [9.17, 15) is 14.0 Å². The number of aryl methyl sites for hydroxylation is 1. The molecule has 0 bridgehead atoms. The largest absolute Gasteiger partial charge is 0.332 e. The lowest BCUT2D eigenvalue weighted by molar-refractivity contribution is -0.133. The summed E-state index contributed by atoms with van der Waals surface area (Å²) in [6.45, 7) is 5.42. The highest BCUT2D eigenvalue weighted by atomic mass is 32.1. The topological polar surface area (TPSA) is 40.6 Å². The number of halogens is 1. The highest BCUT2D eigenvalue weighted by molar-refractivity contribution is 7.11. The van der Waals surface area contributed by atoms with Crippen LogP contribution in [0.5, 0.6) is 0 Å². The molecule has 0 spiro atoms. The second-order valence-corrected chi connectivity index (χ2v) is 8.85. The van der Waals surface area contributed by atoms with E-state index in [0.29, 0.717) is 25.2 Å². The van der Waals surface area contributed by atoms with Crippen molar-refractivity contribution < 1.29 is 14.0 Å². The third kappa shape index (κ3) is 6.49. The van der Waals surface area contributed by atoms with E-state index >= 15 is 0 Å². The van der Waals surface area contributed by atoms with Crippen molar-refractivity contribution in [3.8, 4) is 0 Å². The van der Waals surface area contributed by atoms with Gasteiger partial charge < -0.3 is 9.80 Å². The van der Waals surface area contributed by atoms with Crippen LogP contribution in [0.4, 0.5) is 4.39 Å². The van der Waals surface area contributed by atoms with Gasteiger partial charge in [0.1, 0.15) is 12.4 Å². The van der Waals surface area contributed by atoms with Crippen LogP contribution in [0.1, 0.15) is 39.0 Å². The Morgan fingerprint density at radius 3 is 2.23 bits per heavy atom. The molecule has 1 aromatic heterocycles. The molecule has 31 heavy (non-hydrogen) atoms. The van der Waals surface area contributed by atoms with E-state index in [2.05, 4.69) is 0 Å². The number of rotatable bonds is 9. The van der Waals surface area contributed by atoms with Crippen LogP contribution in [-0.2, 0) is 17.9 Å². The van der Waals surface area contributed by atoms with Gasteiger partial charge in [0.25, 0.3) is 5.91 Å². The minimum Gasteiger partial charge on any atom is -0.332 e. The Morgan fingerprint density at radius 1 is 0.903 bits per heavy atom. The smallest absolute Gasteiger partial charge is 0.254 e. The van der Waals surface area contributed by atoms with Crippen molar-refractivity contribution >= 4 is 23.2 Å². The SMILES string of the molecule is CCCN(CC(=O)N(Cc1ccccc1)Cc1ccc(C)s1)C(=O)c1ccc(F)cc1. The van der Waals surface area contributed by atoms with E-state index in [1.807, 2.05) is 56.3 Å². The number of carbonyl (C=O) groups excluding carboxylic acids is 2. The molecule has 6 heteroatoms. The fraction of sp³-hybridized carbons (Fsp3) is 0.280. The Labute approximate surface area is 186 Å². The molecule has 0 saturated heterocycles. The highest BCUT2D eigenvalue weighted by Gasteiger charge is 2.22. The Hall–Kier alpha value is -2.99. The van der Waals surface area contributed by atoms with Crippen LogP contribution in [0, 0.1) is 12.7 Å². The monoisotopic (exact) mass is 438 g/mol. The van der Waals surface area contributed by atoms with Gasteiger partial charge in [-0.3, -0.25) is 9.59 Å². The van der Waals surface area contributed by atoms with Crippen LogP contribution >= 0.6 is 11.3 Å². The van der Waals surface area contributed by atoms with Crippen LogP contribution in [0.3, 0.4) is 0 Å². The van der Waals surface area contributed by atoms with Crippen molar-refractivity contribution in [1.29, 1.82) is 0 Å². The first-order chi connectivity index (χ1) is 15.0. The number of hydrogen-bond donors (Lipinski definition) is 0. The molecule has 2 aromatic carbocycles. The van der Waals surface area contributed by atoms with E-state index in [-0.39, 0.29) is 18.4 Å². The molecule has 0 saturated carbocycles. The summed E-state index contributed by atoms with van der Waals surface area (Å²) < 4.78 is 13.2. The molecule has 0 radical (unpaired) electrons. The van der Waals surface area contributed by atoms with Crippen molar-refractivity contribution in [3.05, 3.63) is 93.4 Å². The van der Waals surface area contributed by atoms with Crippen LogP contribution in [-0.4, -0.2) is 34.7 Å². The summed E-state index contributed by atoms with van der Waals surface area (Å²) in [7, 11) is 0. The second kappa shape index (κ2) is 10.9. The molecule has 0 N–H and O–H groups in total. The highest BCUT2D eigenvalue weighted by Crippen LogP contribution is 2.19. The maximum atomic E-state index is 13.3. The number of thiophene rings is 1. The van der Waals surface area contributed by atoms with Crippen molar-refractivity contribution in [2.24, 2.45) is 0 Å². The molecular weight excluding hydrogens is 411 g/mol. The molecule has 0 aliphatic carbocycles. The summed E-state index contributed by atoms with van der Waals surface area (Å²) in [5.74, 6) is -0.768. The molecule has 162 valence electrons. The molecule has 3 rings (SSSR count). The van der Waals surface area contributed by atoms with Gasteiger partial charge in [0.15, 0.2) is 0 Å². The third-order valence-corrected chi connectivity index (χ3v) is 5.90. The van der Waals surface area contributed by atoms with Gasteiger partial charge in [0, 0.05) is 28.4 Å². The molecule has 1 heterocycles. The van der Waals surface area contributed by atoms with E-state index in [1.165, 1.54) is 29.1 Å². The normalized spacial score (nSPS) is 10.7. The zero-order valence-electron chi connectivity index (χ0n) is 17.9. The van der Waals surface area contributed by atoms with Crippen molar-refractivity contribution in [1.82, 2.24) is 9.80 Å². The summed E-state index contributed by atoms with van der Waals surface area (Å²) in [5.41, 5.74) is 1.42. The zero-order chi connectivity index (χ0) is 22.2. The molecule has 0 aliphatic heterocycles. The number of carbonyl (C=O) groups is 2. The number of hydrogen-bond acceptors (Lipinski definition) is 3. The molecule has 0 aliphatic rings. The molecule has 3 aromatic rings. The van der Waals surface area contributed by atoms with Crippen LogP contribution < -0.4 is 0 Å². The fourth-order valence-corrected chi connectivity index (χ4v) is 4.26. The summed E-state index contributed by atoms with van der Waals surface area (Å²) in [4.78, 5) is 31.9. The first-order valence-electron chi connectivity index (χ1n) is 10.4. The quantitative estimate of drug-likeness (QED) is 0.456. The van der Waals surface area contributed by atoms with Crippen molar-refractivity contribution in [2.45, 2.75) is 33.4 Å². The van der Waals surface area contributed by atoms with Gasteiger partial charge in [-0.1, -0.05) is 37.3 Å². The maximum Gasteiger partial charge on any atom is 0.254 e. The average Bonchev–Trinajstić information content (AvgIpc) is 3.18. The van der Waals surface area contributed by atoms with Gasteiger partial charge in [-0.2, -0.15) is 0 Å². The molecular formula is C25H27FN2O2S. The van der Waals surface area contributed by atoms with E-state index in [0.717, 1.165) is 16.9 Å².